The molecule has 0 bridgehead atoms. The number of ether oxygens (including phenoxy) is 1. The van der Waals surface area contributed by atoms with Crippen LogP contribution in [-0.4, -0.2) is 47.4 Å². The smallest absolute Gasteiger partial charge is 0.305 e. The van der Waals surface area contributed by atoms with Crippen LogP contribution in [0.3, 0.4) is 0 Å². The Kier molecular flexibility index (Phi) is 60.0. The standard InChI is InChI=1S/C66H125NO5/c1-3-5-7-9-11-13-15-17-18-32-36-40-44-48-52-56-60-66(71)72-61-57-53-49-45-41-37-33-30-28-26-24-22-20-19-21-23-25-27-29-31-35-39-43-47-51-55-59-65(70)67-63(62-68)64(69)58-54-50-46-42-38-34-16-14-12-10-8-6-4-2/h13,15,18,32,54,58,63-64,68-69H,3-12,14,16-17,19-31,33-53,55-57,59-62H2,1-2H3,(H,67,70)/b15-13-,32-18-,58-54+. The van der Waals surface area contributed by atoms with Crippen molar-refractivity contribution in [1.82, 2.24) is 5.32 Å². The number of rotatable bonds is 60. The van der Waals surface area contributed by atoms with E-state index in [0.717, 1.165) is 51.4 Å². The highest BCUT2D eigenvalue weighted by Crippen LogP contribution is 2.18. The van der Waals surface area contributed by atoms with Gasteiger partial charge in [-0.3, -0.25) is 9.59 Å². The fourth-order valence-electron chi connectivity index (χ4n) is 9.96. The van der Waals surface area contributed by atoms with E-state index in [2.05, 4.69) is 43.5 Å². The van der Waals surface area contributed by atoms with Gasteiger partial charge in [-0.05, 0) is 64.2 Å². The number of carbonyl (C=O) groups excluding carboxylic acids is 2. The highest BCUT2D eigenvalue weighted by molar-refractivity contribution is 5.76. The Morgan fingerprint density at radius 2 is 0.694 bits per heavy atom. The van der Waals surface area contributed by atoms with Crippen LogP contribution in [0.25, 0.3) is 0 Å². The van der Waals surface area contributed by atoms with Gasteiger partial charge < -0.3 is 20.3 Å². The van der Waals surface area contributed by atoms with Crippen LogP contribution >= 0.6 is 0 Å². The third kappa shape index (κ3) is 57.4. The second kappa shape index (κ2) is 61.6. The molecule has 0 heterocycles. The van der Waals surface area contributed by atoms with Crippen LogP contribution in [-0.2, 0) is 14.3 Å². The van der Waals surface area contributed by atoms with E-state index >= 15 is 0 Å². The fourth-order valence-corrected chi connectivity index (χ4v) is 9.96. The molecule has 0 aliphatic heterocycles. The number of aliphatic hydroxyl groups is 2. The van der Waals surface area contributed by atoms with Gasteiger partial charge in [0.1, 0.15) is 0 Å². The summed E-state index contributed by atoms with van der Waals surface area (Å²) in [7, 11) is 0. The molecule has 0 radical (unpaired) electrons. The van der Waals surface area contributed by atoms with E-state index in [0.29, 0.717) is 19.4 Å². The molecular formula is C66H125NO5. The van der Waals surface area contributed by atoms with Crippen molar-refractivity contribution >= 4 is 11.9 Å². The molecule has 3 N–H and O–H groups in total. The van der Waals surface area contributed by atoms with E-state index in [-0.39, 0.29) is 18.5 Å². The Morgan fingerprint density at radius 3 is 1.07 bits per heavy atom. The average Bonchev–Trinajstić information content (AvgIpc) is 3.38. The van der Waals surface area contributed by atoms with Crippen molar-refractivity contribution in [3.63, 3.8) is 0 Å². The first-order valence-electron chi connectivity index (χ1n) is 32.3. The molecular weight excluding hydrogens is 887 g/mol. The quantitative estimate of drug-likeness (QED) is 0.0320. The van der Waals surface area contributed by atoms with Gasteiger partial charge in [0.05, 0.1) is 25.4 Å². The van der Waals surface area contributed by atoms with Crippen LogP contribution in [0.1, 0.15) is 348 Å². The molecule has 0 saturated carbocycles. The number of nitrogens with one attached hydrogen (secondary N) is 1. The number of aliphatic hydroxyl groups excluding tert-OH is 2. The second-order valence-corrected chi connectivity index (χ2v) is 22.1. The largest absolute Gasteiger partial charge is 0.466 e. The fraction of sp³-hybridized carbons (Fsp3) is 0.879. The molecule has 0 aromatic rings. The zero-order chi connectivity index (χ0) is 52.2. The zero-order valence-electron chi connectivity index (χ0n) is 48.4. The predicted octanol–water partition coefficient (Wildman–Crippen LogP) is 20.4. The topological polar surface area (TPSA) is 95.9 Å². The van der Waals surface area contributed by atoms with Gasteiger partial charge >= 0.3 is 5.97 Å². The lowest BCUT2D eigenvalue weighted by Gasteiger charge is -2.20. The van der Waals surface area contributed by atoms with Crippen molar-refractivity contribution in [2.75, 3.05) is 13.2 Å². The summed E-state index contributed by atoms with van der Waals surface area (Å²) in [6.07, 6.45) is 77.7. The number of allylic oxidation sites excluding steroid dienone is 5. The molecule has 1 amide bonds. The Morgan fingerprint density at radius 1 is 0.389 bits per heavy atom. The van der Waals surface area contributed by atoms with Crippen molar-refractivity contribution in [3.8, 4) is 0 Å². The zero-order valence-corrected chi connectivity index (χ0v) is 48.4. The normalized spacial score (nSPS) is 12.8. The number of esters is 1. The molecule has 0 aromatic heterocycles. The van der Waals surface area contributed by atoms with Crippen LogP contribution in [0.15, 0.2) is 36.5 Å². The maximum absolute atomic E-state index is 12.5. The molecule has 0 rings (SSSR count). The van der Waals surface area contributed by atoms with Gasteiger partial charge in [0, 0.05) is 12.8 Å². The lowest BCUT2D eigenvalue weighted by molar-refractivity contribution is -0.143. The molecule has 6 nitrogen and oxygen atoms in total. The number of hydrogen-bond donors (Lipinski definition) is 3. The van der Waals surface area contributed by atoms with Crippen LogP contribution in [0.2, 0.25) is 0 Å². The van der Waals surface area contributed by atoms with Gasteiger partial charge in [-0.25, -0.2) is 0 Å². The number of hydrogen-bond acceptors (Lipinski definition) is 5. The van der Waals surface area contributed by atoms with Gasteiger partial charge in [-0.1, -0.05) is 307 Å². The van der Waals surface area contributed by atoms with E-state index in [1.165, 1.54) is 270 Å². The highest BCUT2D eigenvalue weighted by atomic mass is 16.5. The molecule has 0 saturated heterocycles. The first kappa shape index (κ1) is 70.1. The van der Waals surface area contributed by atoms with E-state index < -0.39 is 12.1 Å². The third-order valence-electron chi connectivity index (χ3n) is 14.9. The van der Waals surface area contributed by atoms with Crippen molar-refractivity contribution in [1.29, 1.82) is 0 Å². The number of carbonyl (C=O) groups is 2. The van der Waals surface area contributed by atoms with Crippen LogP contribution < -0.4 is 5.32 Å². The maximum atomic E-state index is 12.5. The summed E-state index contributed by atoms with van der Waals surface area (Å²) in [5.41, 5.74) is 0. The Labute approximate surface area is 449 Å². The van der Waals surface area contributed by atoms with Crippen LogP contribution in [0.4, 0.5) is 0 Å². The molecule has 0 aliphatic carbocycles. The number of unbranched alkanes of at least 4 members (excludes halogenated alkanes) is 45. The summed E-state index contributed by atoms with van der Waals surface area (Å²) >= 11 is 0. The molecule has 424 valence electrons. The summed E-state index contributed by atoms with van der Waals surface area (Å²) in [5, 5.41) is 23.1. The summed E-state index contributed by atoms with van der Waals surface area (Å²) in [6, 6.07) is -0.625. The van der Waals surface area contributed by atoms with Gasteiger partial charge in [0.2, 0.25) is 5.91 Å². The molecule has 0 spiro atoms. The minimum Gasteiger partial charge on any atom is -0.466 e. The van der Waals surface area contributed by atoms with Crippen molar-refractivity contribution in [2.24, 2.45) is 0 Å². The third-order valence-corrected chi connectivity index (χ3v) is 14.9. The van der Waals surface area contributed by atoms with Crippen molar-refractivity contribution in [3.05, 3.63) is 36.5 Å². The Bertz CT molecular complexity index is 1170. The van der Waals surface area contributed by atoms with Gasteiger partial charge in [0.15, 0.2) is 0 Å². The first-order chi connectivity index (χ1) is 35.5. The SMILES string of the molecule is CCCCCC/C=C\C/C=C\CCCCCCCC(=O)OCCCCCCCCCCCCCCCCCCCCCCCCCCCCC(=O)NC(CO)C(O)/C=C/CCCCCCCCCCCCC. The van der Waals surface area contributed by atoms with Crippen LogP contribution in [0, 0.1) is 0 Å². The van der Waals surface area contributed by atoms with Crippen molar-refractivity contribution < 1.29 is 24.5 Å². The lowest BCUT2D eigenvalue weighted by Crippen LogP contribution is -2.45. The van der Waals surface area contributed by atoms with Crippen molar-refractivity contribution in [2.45, 2.75) is 360 Å². The summed E-state index contributed by atoms with van der Waals surface area (Å²) in [4.78, 5) is 24.5. The van der Waals surface area contributed by atoms with Crippen LogP contribution in [0.5, 0.6) is 0 Å². The Hall–Kier alpha value is -1.92. The second-order valence-electron chi connectivity index (χ2n) is 22.1. The maximum Gasteiger partial charge on any atom is 0.305 e. The molecule has 0 aromatic carbocycles. The van der Waals surface area contributed by atoms with E-state index in [9.17, 15) is 19.8 Å². The summed E-state index contributed by atoms with van der Waals surface area (Å²) < 4.78 is 5.49. The molecule has 6 heteroatoms. The lowest BCUT2D eigenvalue weighted by atomic mass is 10.0. The Balaban J connectivity index is 3.36. The molecule has 2 unspecified atom stereocenters. The van der Waals surface area contributed by atoms with E-state index in [1.54, 1.807) is 6.08 Å². The highest BCUT2D eigenvalue weighted by Gasteiger charge is 2.18. The van der Waals surface area contributed by atoms with E-state index in [4.69, 9.17) is 4.74 Å². The van der Waals surface area contributed by atoms with Gasteiger partial charge in [-0.15, -0.1) is 0 Å². The van der Waals surface area contributed by atoms with Gasteiger partial charge in [0.25, 0.3) is 0 Å². The molecule has 0 aliphatic rings. The predicted molar refractivity (Wildman–Crippen MR) is 315 cm³/mol. The monoisotopic (exact) mass is 1010 g/mol. The minimum atomic E-state index is -0.842. The molecule has 72 heavy (non-hydrogen) atoms. The average molecular weight is 1010 g/mol. The van der Waals surface area contributed by atoms with Gasteiger partial charge in [-0.2, -0.15) is 0 Å². The minimum absolute atomic E-state index is 0.00342. The summed E-state index contributed by atoms with van der Waals surface area (Å²) in [5.74, 6) is -0.0618. The number of amides is 1. The van der Waals surface area contributed by atoms with E-state index in [1.807, 2.05) is 6.08 Å². The summed E-state index contributed by atoms with van der Waals surface area (Å²) in [6.45, 7) is 4.89. The molecule has 0 fully saturated rings. The first-order valence-corrected chi connectivity index (χ1v) is 32.3. The molecule has 2 atom stereocenters.